The molecule has 0 saturated heterocycles. The minimum atomic E-state index is -0.449. The zero-order chi connectivity index (χ0) is 11.5. The standard InChI is InChI=1S/C12H13N3O/c13-7-5-11-10-4-2-1-3-9(10)6-8-15(11)12(14)16/h1-4,11H,5-6,8H2,(H2,14,16). The van der Waals surface area contributed by atoms with Crippen LogP contribution in [0.25, 0.3) is 0 Å². The summed E-state index contributed by atoms with van der Waals surface area (Å²) < 4.78 is 0. The Kier molecular flexibility index (Phi) is 2.78. The number of benzene rings is 1. The maximum absolute atomic E-state index is 11.3. The molecule has 1 aliphatic heterocycles. The second-order valence-electron chi connectivity index (χ2n) is 3.86. The molecule has 1 aliphatic rings. The van der Waals surface area contributed by atoms with Crippen molar-refractivity contribution >= 4 is 6.03 Å². The summed E-state index contributed by atoms with van der Waals surface area (Å²) in [5.41, 5.74) is 7.58. The molecule has 0 bridgehead atoms. The van der Waals surface area contributed by atoms with E-state index in [0.29, 0.717) is 13.0 Å². The van der Waals surface area contributed by atoms with Gasteiger partial charge in [0.15, 0.2) is 0 Å². The molecule has 0 aliphatic carbocycles. The van der Waals surface area contributed by atoms with Crippen LogP contribution in [0, 0.1) is 11.3 Å². The highest BCUT2D eigenvalue weighted by molar-refractivity contribution is 5.73. The van der Waals surface area contributed by atoms with Gasteiger partial charge in [-0.05, 0) is 17.5 Å². The van der Waals surface area contributed by atoms with Gasteiger partial charge >= 0.3 is 6.03 Å². The highest BCUT2D eigenvalue weighted by Gasteiger charge is 2.28. The molecular formula is C12H13N3O. The number of hydrogen-bond acceptors (Lipinski definition) is 2. The quantitative estimate of drug-likeness (QED) is 0.772. The van der Waals surface area contributed by atoms with Gasteiger partial charge in [0.2, 0.25) is 0 Å². The molecule has 1 unspecified atom stereocenters. The van der Waals surface area contributed by atoms with Crippen LogP contribution in [0.4, 0.5) is 4.79 Å². The monoisotopic (exact) mass is 215 g/mol. The molecule has 0 fully saturated rings. The van der Waals surface area contributed by atoms with Gasteiger partial charge < -0.3 is 10.6 Å². The second kappa shape index (κ2) is 4.23. The number of fused-ring (bicyclic) bond motifs is 1. The predicted octanol–water partition coefficient (Wildman–Crippen LogP) is 1.58. The number of amides is 2. The summed E-state index contributed by atoms with van der Waals surface area (Å²) in [6, 6.07) is 9.38. The Labute approximate surface area is 94.3 Å². The Morgan fingerprint density at radius 3 is 3.00 bits per heavy atom. The number of rotatable bonds is 1. The number of carbonyl (C=O) groups is 1. The number of nitrogens with zero attached hydrogens (tertiary/aromatic N) is 2. The first-order valence-electron chi connectivity index (χ1n) is 5.25. The summed E-state index contributed by atoms with van der Waals surface area (Å²) in [6.45, 7) is 0.596. The molecule has 0 spiro atoms. The zero-order valence-corrected chi connectivity index (χ0v) is 8.89. The molecule has 1 atom stereocenters. The highest BCUT2D eigenvalue weighted by Crippen LogP contribution is 2.31. The summed E-state index contributed by atoms with van der Waals surface area (Å²) in [6.07, 6.45) is 1.10. The normalized spacial score (nSPS) is 18.7. The van der Waals surface area contributed by atoms with Crippen LogP contribution in [0.2, 0.25) is 0 Å². The van der Waals surface area contributed by atoms with E-state index in [0.717, 1.165) is 12.0 Å². The number of carbonyl (C=O) groups excluding carboxylic acids is 1. The van der Waals surface area contributed by atoms with Gasteiger partial charge in [-0.2, -0.15) is 5.26 Å². The molecule has 2 rings (SSSR count). The number of primary amides is 1. The number of hydrogen-bond donors (Lipinski definition) is 1. The van der Waals surface area contributed by atoms with E-state index >= 15 is 0 Å². The van der Waals surface area contributed by atoms with Crippen molar-refractivity contribution in [3.8, 4) is 6.07 Å². The van der Waals surface area contributed by atoms with E-state index in [4.69, 9.17) is 11.0 Å². The molecular weight excluding hydrogens is 202 g/mol. The van der Waals surface area contributed by atoms with E-state index in [9.17, 15) is 4.79 Å². The molecule has 1 aromatic rings. The van der Waals surface area contributed by atoms with Crippen LogP contribution < -0.4 is 5.73 Å². The largest absolute Gasteiger partial charge is 0.351 e. The molecule has 2 N–H and O–H groups in total. The average Bonchev–Trinajstić information content (AvgIpc) is 2.29. The third-order valence-electron chi connectivity index (χ3n) is 2.98. The first kappa shape index (κ1) is 10.5. The summed E-state index contributed by atoms with van der Waals surface area (Å²) in [7, 11) is 0. The van der Waals surface area contributed by atoms with E-state index in [1.807, 2.05) is 24.3 Å². The van der Waals surface area contributed by atoms with Gasteiger partial charge in [-0.3, -0.25) is 0 Å². The molecule has 0 radical (unpaired) electrons. The van der Waals surface area contributed by atoms with Gasteiger partial charge in [-0.15, -0.1) is 0 Å². The van der Waals surface area contributed by atoms with Crippen LogP contribution in [0.1, 0.15) is 23.6 Å². The van der Waals surface area contributed by atoms with Crippen LogP contribution in [0.3, 0.4) is 0 Å². The van der Waals surface area contributed by atoms with Crippen molar-refractivity contribution in [1.29, 1.82) is 5.26 Å². The topological polar surface area (TPSA) is 70.1 Å². The molecule has 1 aromatic carbocycles. The number of nitriles is 1. The average molecular weight is 215 g/mol. The lowest BCUT2D eigenvalue weighted by atomic mass is 9.91. The fraction of sp³-hybridized carbons (Fsp3) is 0.333. The minimum Gasteiger partial charge on any atom is -0.351 e. The van der Waals surface area contributed by atoms with E-state index < -0.39 is 6.03 Å². The second-order valence-corrected chi connectivity index (χ2v) is 3.86. The predicted molar refractivity (Wildman–Crippen MR) is 59.4 cm³/mol. The van der Waals surface area contributed by atoms with E-state index in [1.54, 1.807) is 4.90 Å². The van der Waals surface area contributed by atoms with E-state index in [2.05, 4.69) is 6.07 Å². The van der Waals surface area contributed by atoms with Crippen LogP contribution in [0.5, 0.6) is 0 Å². The lowest BCUT2D eigenvalue weighted by molar-refractivity contribution is 0.179. The Morgan fingerprint density at radius 1 is 1.56 bits per heavy atom. The molecule has 4 nitrogen and oxygen atoms in total. The summed E-state index contributed by atoms with van der Waals surface area (Å²) in [5.74, 6) is 0. The summed E-state index contributed by atoms with van der Waals surface area (Å²) in [5, 5.41) is 8.81. The lowest BCUT2D eigenvalue weighted by Gasteiger charge is -2.34. The molecule has 2 amide bonds. The molecule has 0 aromatic heterocycles. The van der Waals surface area contributed by atoms with E-state index in [-0.39, 0.29) is 6.04 Å². The van der Waals surface area contributed by atoms with Crippen molar-refractivity contribution < 1.29 is 4.79 Å². The summed E-state index contributed by atoms with van der Waals surface area (Å²) in [4.78, 5) is 12.9. The molecule has 4 heteroatoms. The number of urea groups is 1. The van der Waals surface area contributed by atoms with Gasteiger partial charge in [0, 0.05) is 6.54 Å². The number of nitrogens with two attached hydrogens (primary N) is 1. The molecule has 0 saturated carbocycles. The molecule has 1 heterocycles. The third-order valence-corrected chi connectivity index (χ3v) is 2.98. The van der Waals surface area contributed by atoms with Gasteiger partial charge in [0.1, 0.15) is 0 Å². The van der Waals surface area contributed by atoms with Crippen molar-refractivity contribution in [1.82, 2.24) is 4.90 Å². The van der Waals surface area contributed by atoms with Gasteiger partial charge in [0.05, 0.1) is 18.5 Å². The molecule has 82 valence electrons. The Hall–Kier alpha value is -2.02. The van der Waals surface area contributed by atoms with Gasteiger partial charge in [0.25, 0.3) is 0 Å². The maximum atomic E-state index is 11.3. The first-order chi connectivity index (χ1) is 7.74. The van der Waals surface area contributed by atoms with Crippen LogP contribution in [0.15, 0.2) is 24.3 Å². The van der Waals surface area contributed by atoms with Crippen molar-refractivity contribution in [2.45, 2.75) is 18.9 Å². The van der Waals surface area contributed by atoms with Crippen LogP contribution >= 0.6 is 0 Å². The Morgan fingerprint density at radius 2 is 2.31 bits per heavy atom. The van der Waals surface area contributed by atoms with Gasteiger partial charge in [-0.25, -0.2) is 4.79 Å². The first-order valence-corrected chi connectivity index (χ1v) is 5.25. The van der Waals surface area contributed by atoms with Crippen LogP contribution in [-0.4, -0.2) is 17.5 Å². The zero-order valence-electron chi connectivity index (χ0n) is 8.89. The van der Waals surface area contributed by atoms with Crippen LogP contribution in [-0.2, 0) is 6.42 Å². The lowest BCUT2D eigenvalue weighted by Crippen LogP contribution is -2.43. The summed E-state index contributed by atoms with van der Waals surface area (Å²) >= 11 is 0. The van der Waals surface area contributed by atoms with Crippen molar-refractivity contribution in [3.05, 3.63) is 35.4 Å². The smallest absolute Gasteiger partial charge is 0.315 e. The van der Waals surface area contributed by atoms with Crippen molar-refractivity contribution in [2.24, 2.45) is 5.73 Å². The third kappa shape index (κ3) is 1.72. The van der Waals surface area contributed by atoms with E-state index in [1.165, 1.54) is 5.56 Å². The Bertz CT molecular complexity index is 450. The van der Waals surface area contributed by atoms with Gasteiger partial charge in [-0.1, -0.05) is 24.3 Å². The van der Waals surface area contributed by atoms with Crippen molar-refractivity contribution in [3.63, 3.8) is 0 Å². The van der Waals surface area contributed by atoms with Crippen molar-refractivity contribution in [2.75, 3.05) is 6.54 Å². The maximum Gasteiger partial charge on any atom is 0.315 e. The molecule has 16 heavy (non-hydrogen) atoms. The SMILES string of the molecule is N#CCC1c2ccccc2CCN1C(N)=O. The minimum absolute atomic E-state index is 0.188. The highest BCUT2D eigenvalue weighted by atomic mass is 16.2. The fourth-order valence-corrected chi connectivity index (χ4v) is 2.22. The fourth-order valence-electron chi connectivity index (χ4n) is 2.22. The Balaban J connectivity index is 2.40.